The molecule has 2 heterocycles. The molecule has 2 N–H and O–H groups in total. The van der Waals surface area contributed by atoms with E-state index in [1.54, 1.807) is 11.3 Å². The van der Waals surface area contributed by atoms with Crippen molar-refractivity contribution in [1.82, 2.24) is 19.8 Å². The zero-order valence-corrected chi connectivity index (χ0v) is 12.6. The average molecular weight is 279 g/mol. The molecule has 0 unspecified atom stereocenters. The number of nitrogens with two attached hydrogens (primary N) is 1. The van der Waals surface area contributed by atoms with Gasteiger partial charge in [0.2, 0.25) is 4.96 Å². The Bertz CT molecular complexity index is 582. The summed E-state index contributed by atoms with van der Waals surface area (Å²) in [5, 5.41) is 14.3. The van der Waals surface area contributed by atoms with Crippen LogP contribution in [0.25, 0.3) is 4.96 Å². The monoisotopic (exact) mass is 279 g/mol. The second-order valence-electron chi connectivity index (χ2n) is 6.70. The lowest BCUT2D eigenvalue weighted by Gasteiger charge is -2.40. The van der Waals surface area contributed by atoms with Crippen molar-refractivity contribution < 1.29 is 0 Å². The number of aromatic nitrogens is 4. The van der Waals surface area contributed by atoms with Gasteiger partial charge in [-0.1, -0.05) is 38.5 Å². The smallest absolute Gasteiger partial charge is 0.234 e. The molecule has 2 aromatic rings. The van der Waals surface area contributed by atoms with Crippen molar-refractivity contribution in [3.63, 3.8) is 0 Å². The molecular weight excluding hydrogens is 258 g/mol. The van der Waals surface area contributed by atoms with Gasteiger partial charge >= 0.3 is 0 Å². The normalized spacial score (nSPS) is 18.7. The second kappa shape index (κ2) is 4.24. The fourth-order valence-electron chi connectivity index (χ4n) is 2.65. The molecule has 0 radical (unpaired) electrons. The van der Waals surface area contributed by atoms with Crippen LogP contribution in [-0.2, 0) is 11.8 Å². The van der Waals surface area contributed by atoms with Gasteiger partial charge in [-0.15, -0.1) is 10.2 Å². The van der Waals surface area contributed by atoms with E-state index in [4.69, 9.17) is 10.8 Å². The van der Waals surface area contributed by atoms with Crippen molar-refractivity contribution >= 4 is 16.3 Å². The predicted octanol–water partition coefficient (Wildman–Crippen LogP) is 2.15. The topological polar surface area (TPSA) is 69.1 Å². The maximum absolute atomic E-state index is 5.93. The Morgan fingerprint density at radius 2 is 2.05 bits per heavy atom. The van der Waals surface area contributed by atoms with Crippen LogP contribution in [0.2, 0.25) is 0 Å². The number of rotatable bonds is 3. The molecule has 0 spiro atoms. The average Bonchev–Trinajstić information content (AvgIpc) is 2.80. The molecule has 1 aliphatic carbocycles. The van der Waals surface area contributed by atoms with E-state index in [2.05, 4.69) is 31.0 Å². The van der Waals surface area contributed by atoms with E-state index in [9.17, 15) is 0 Å². The molecule has 104 valence electrons. The van der Waals surface area contributed by atoms with Gasteiger partial charge in [0.1, 0.15) is 5.01 Å². The maximum Gasteiger partial charge on any atom is 0.234 e. The van der Waals surface area contributed by atoms with E-state index in [1.165, 1.54) is 19.3 Å². The van der Waals surface area contributed by atoms with Gasteiger partial charge in [-0.05, 0) is 24.8 Å². The van der Waals surface area contributed by atoms with Crippen molar-refractivity contribution in [2.75, 3.05) is 6.54 Å². The lowest BCUT2D eigenvalue weighted by molar-refractivity contribution is 0.144. The summed E-state index contributed by atoms with van der Waals surface area (Å²) < 4.78 is 1.91. The molecule has 1 saturated carbocycles. The van der Waals surface area contributed by atoms with E-state index in [1.807, 2.05) is 4.52 Å². The highest BCUT2D eigenvalue weighted by molar-refractivity contribution is 7.16. The van der Waals surface area contributed by atoms with Crippen molar-refractivity contribution in [1.29, 1.82) is 0 Å². The number of nitrogens with zero attached hydrogens (tertiary/aromatic N) is 4. The van der Waals surface area contributed by atoms with Crippen molar-refractivity contribution in [2.45, 2.75) is 51.9 Å². The molecule has 1 fully saturated rings. The maximum atomic E-state index is 5.93. The third kappa shape index (κ3) is 2.17. The number of hydrogen-bond donors (Lipinski definition) is 1. The highest BCUT2D eigenvalue weighted by atomic mass is 32.1. The van der Waals surface area contributed by atoms with E-state index in [0.29, 0.717) is 5.41 Å². The van der Waals surface area contributed by atoms with Gasteiger partial charge in [-0.3, -0.25) is 0 Å². The summed E-state index contributed by atoms with van der Waals surface area (Å²) in [4.78, 5) is 0.895. The van der Waals surface area contributed by atoms with Gasteiger partial charge in [-0.25, -0.2) is 0 Å². The molecule has 1 aliphatic rings. The molecule has 0 saturated heterocycles. The molecule has 2 aromatic heterocycles. The second-order valence-corrected chi connectivity index (χ2v) is 7.74. The Labute approximate surface area is 117 Å². The molecule has 6 heteroatoms. The van der Waals surface area contributed by atoms with Crippen LogP contribution in [-0.4, -0.2) is 26.4 Å². The summed E-state index contributed by atoms with van der Waals surface area (Å²) in [5.41, 5.74) is 6.19. The summed E-state index contributed by atoms with van der Waals surface area (Å²) in [5.74, 6) is 0.931. The minimum atomic E-state index is -0.0349. The van der Waals surface area contributed by atoms with E-state index >= 15 is 0 Å². The quantitative estimate of drug-likeness (QED) is 0.934. The van der Waals surface area contributed by atoms with Crippen LogP contribution < -0.4 is 5.73 Å². The predicted molar refractivity (Wildman–Crippen MR) is 76.4 cm³/mol. The SMILES string of the molecule is CC(C)(C)c1nnc2sc(CC3(CN)CCC3)nn12. The van der Waals surface area contributed by atoms with E-state index < -0.39 is 0 Å². The summed E-state index contributed by atoms with van der Waals surface area (Å²) in [6.45, 7) is 7.17. The minimum Gasteiger partial charge on any atom is -0.330 e. The van der Waals surface area contributed by atoms with Crippen LogP contribution in [0.15, 0.2) is 0 Å². The highest BCUT2D eigenvalue weighted by Crippen LogP contribution is 2.43. The molecule has 0 bridgehead atoms. The lowest BCUT2D eigenvalue weighted by atomic mass is 9.67. The van der Waals surface area contributed by atoms with Crippen LogP contribution in [0, 0.1) is 5.41 Å². The largest absolute Gasteiger partial charge is 0.330 e. The Balaban J connectivity index is 1.92. The van der Waals surface area contributed by atoms with Crippen LogP contribution in [0.1, 0.15) is 50.9 Å². The van der Waals surface area contributed by atoms with Gasteiger partial charge in [0, 0.05) is 11.8 Å². The van der Waals surface area contributed by atoms with Gasteiger partial charge in [-0.2, -0.15) is 9.61 Å². The van der Waals surface area contributed by atoms with Crippen molar-refractivity contribution in [3.05, 3.63) is 10.8 Å². The highest BCUT2D eigenvalue weighted by Gasteiger charge is 2.37. The standard InChI is InChI=1S/C13H21N5S/c1-12(2,3)10-15-16-11-18(10)17-9(19-11)7-13(8-14)5-4-6-13/h4-8,14H2,1-3H3. The minimum absolute atomic E-state index is 0.0349. The first-order valence-electron chi connectivity index (χ1n) is 6.85. The zero-order chi connectivity index (χ0) is 13.7. The summed E-state index contributed by atoms with van der Waals surface area (Å²) >= 11 is 1.65. The Morgan fingerprint density at radius 1 is 1.32 bits per heavy atom. The van der Waals surface area contributed by atoms with Crippen LogP contribution in [0.3, 0.4) is 0 Å². The molecular formula is C13H21N5S. The van der Waals surface area contributed by atoms with E-state index in [0.717, 1.165) is 28.8 Å². The summed E-state index contributed by atoms with van der Waals surface area (Å²) in [6.07, 6.45) is 4.75. The fraction of sp³-hybridized carbons (Fsp3) is 0.769. The Hall–Kier alpha value is -1.01. The molecule has 0 atom stereocenters. The lowest BCUT2D eigenvalue weighted by Crippen LogP contribution is -2.39. The van der Waals surface area contributed by atoms with Gasteiger partial charge < -0.3 is 5.73 Å². The number of fused-ring (bicyclic) bond motifs is 1. The van der Waals surface area contributed by atoms with Crippen molar-refractivity contribution in [3.8, 4) is 0 Å². The van der Waals surface area contributed by atoms with Crippen LogP contribution >= 0.6 is 11.3 Å². The Kier molecular flexibility index (Phi) is 2.90. The van der Waals surface area contributed by atoms with Crippen LogP contribution in [0.5, 0.6) is 0 Å². The fourth-order valence-corrected chi connectivity index (χ4v) is 3.65. The van der Waals surface area contributed by atoms with E-state index in [-0.39, 0.29) is 5.41 Å². The Morgan fingerprint density at radius 3 is 2.58 bits per heavy atom. The molecule has 5 nitrogen and oxygen atoms in total. The summed E-state index contributed by atoms with van der Waals surface area (Å²) in [6, 6.07) is 0. The first kappa shape index (κ1) is 13.0. The number of hydrogen-bond acceptors (Lipinski definition) is 5. The van der Waals surface area contributed by atoms with Gasteiger partial charge in [0.15, 0.2) is 5.82 Å². The third-order valence-electron chi connectivity index (χ3n) is 4.08. The summed E-state index contributed by atoms with van der Waals surface area (Å²) in [7, 11) is 0. The zero-order valence-electron chi connectivity index (χ0n) is 11.8. The van der Waals surface area contributed by atoms with Crippen LogP contribution in [0.4, 0.5) is 0 Å². The first-order valence-corrected chi connectivity index (χ1v) is 7.67. The van der Waals surface area contributed by atoms with Crippen molar-refractivity contribution in [2.24, 2.45) is 11.1 Å². The molecule has 0 aliphatic heterocycles. The van der Waals surface area contributed by atoms with Gasteiger partial charge in [0.25, 0.3) is 0 Å². The van der Waals surface area contributed by atoms with Gasteiger partial charge in [0.05, 0.1) is 0 Å². The molecule has 0 aromatic carbocycles. The molecule has 0 amide bonds. The molecule has 3 rings (SSSR count). The molecule has 19 heavy (non-hydrogen) atoms. The third-order valence-corrected chi connectivity index (χ3v) is 4.98. The first-order chi connectivity index (χ1) is 8.93.